The van der Waals surface area contributed by atoms with Crippen molar-refractivity contribution in [2.75, 3.05) is 27.7 Å². The van der Waals surface area contributed by atoms with E-state index in [1.54, 1.807) is 7.11 Å². The van der Waals surface area contributed by atoms with Crippen LogP contribution in [0.25, 0.3) is 0 Å². The standard InChI is InChI=1S/C22H29NO2/c1-23(2)13-5-6-17-9-12-22(24-3)20(14-17)16-25-21-11-10-18-7-4-8-19(18)15-21/h9-12,14-15H,4-8,13,16H2,1-3H3. The first-order valence-corrected chi connectivity index (χ1v) is 9.21. The summed E-state index contributed by atoms with van der Waals surface area (Å²) in [6.45, 7) is 1.65. The molecule has 0 aromatic heterocycles. The zero-order chi connectivity index (χ0) is 17.6. The molecule has 1 aliphatic rings. The van der Waals surface area contributed by atoms with Crippen LogP contribution in [0.5, 0.6) is 11.5 Å². The molecule has 0 atom stereocenters. The Labute approximate surface area is 151 Å². The van der Waals surface area contributed by atoms with Crippen LogP contribution in [0.15, 0.2) is 36.4 Å². The topological polar surface area (TPSA) is 21.7 Å². The number of aryl methyl sites for hydroxylation is 3. The molecule has 0 spiro atoms. The summed E-state index contributed by atoms with van der Waals surface area (Å²) in [5.41, 5.74) is 5.38. The van der Waals surface area contributed by atoms with Gasteiger partial charge in [0, 0.05) is 5.56 Å². The highest BCUT2D eigenvalue weighted by molar-refractivity contribution is 5.40. The van der Waals surface area contributed by atoms with Gasteiger partial charge in [-0.2, -0.15) is 0 Å². The van der Waals surface area contributed by atoms with Crippen molar-refractivity contribution in [1.29, 1.82) is 0 Å². The van der Waals surface area contributed by atoms with Crippen LogP contribution in [0.1, 0.15) is 35.1 Å². The highest BCUT2D eigenvalue weighted by Crippen LogP contribution is 2.28. The van der Waals surface area contributed by atoms with Crippen molar-refractivity contribution < 1.29 is 9.47 Å². The summed E-state index contributed by atoms with van der Waals surface area (Å²) in [6, 6.07) is 13.0. The monoisotopic (exact) mass is 339 g/mol. The van der Waals surface area contributed by atoms with Gasteiger partial charge in [-0.3, -0.25) is 0 Å². The highest BCUT2D eigenvalue weighted by Gasteiger charge is 2.12. The molecule has 0 unspecified atom stereocenters. The van der Waals surface area contributed by atoms with Gasteiger partial charge in [0.2, 0.25) is 0 Å². The second-order valence-corrected chi connectivity index (χ2v) is 7.13. The maximum Gasteiger partial charge on any atom is 0.125 e. The van der Waals surface area contributed by atoms with Gasteiger partial charge in [0.25, 0.3) is 0 Å². The summed E-state index contributed by atoms with van der Waals surface area (Å²) in [7, 11) is 5.95. The Balaban J connectivity index is 1.65. The SMILES string of the molecule is COc1ccc(CCCN(C)C)cc1COc1ccc2c(c1)CCC2. The molecule has 2 aromatic rings. The van der Waals surface area contributed by atoms with E-state index in [1.165, 1.54) is 36.0 Å². The van der Waals surface area contributed by atoms with Crippen LogP contribution in [0.2, 0.25) is 0 Å². The molecule has 134 valence electrons. The molecule has 0 bridgehead atoms. The largest absolute Gasteiger partial charge is 0.496 e. The molecule has 3 heteroatoms. The maximum atomic E-state index is 6.07. The molecule has 0 fully saturated rings. The molecule has 0 amide bonds. The van der Waals surface area contributed by atoms with Gasteiger partial charge >= 0.3 is 0 Å². The number of nitrogens with zero attached hydrogens (tertiary/aromatic N) is 1. The summed E-state index contributed by atoms with van der Waals surface area (Å²) in [5.74, 6) is 1.86. The lowest BCUT2D eigenvalue weighted by atomic mass is 10.1. The van der Waals surface area contributed by atoms with Crippen molar-refractivity contribution in [3.05, 3.63) is 58.7 Å². The van der Waals surface area contributed by atoms with E-state index in [2.05, 4.69) is 55.4 Å². The third kappa shape index (κ3) is 4.76. The fourth-order valence-corrected chi connectivity index (χ4v) is 3.50. The fourth-order valence-electron chi connectivity index (χ4n) is 3.50. The number of hydrogen-bond donors (Lipinski definition) is 0. The summed E-state index contributed by atoms with van der Waals surface area (Å²) in [5, 5.41) is 0. The lowest BCUT2D eigenvalue weighted by molar-refractivity contribution is 0.296. The first-order valence-electron chi connectivity index (χ1n) is 9.21. The van der Waals surface area contributed by atoms with Crippen LogP contribution < -0.4 is 9.47 Å². The van der Waals surface area contributed by atoms with Gasteiger partial charge in [0.15, 0.2) is 0 Å². The van der Waals surface area contributed by atoms with E-state index in [4.69, 9.17) is 9.47 Å². The molecule has 0 saturated heterocycles. The van der Waals surface area contributed by atoms with E-state index >= 15 is 0 Å². The molecule has 2 aromatic carbocycles. The quantitative estimate of drug-likeness (QED) is 0.717. The molecule has 0 radical (unpaired) electrons. The van der Waals surface area contributed by atoms with Crippen LogP contribution in [-0.2, 0) is 25.9 Å². The van der Waals surface area contributed by atoms with Crippen LogP contribution in [0, 0.1) is 0 Å². The highest BCUT2D eigenvalue weighted by atomic mass is 16.5. The fraction of sp³-hybridized carbons (Fsp3) is 0.455. The van der Waals surface area contributed by atoms with Gasteiger partial charge < -0.3 is 14.4 Å². The molecule has 0 saturated carbocycles. The van der Waals surface area contributed by atoms with E-state index in [9.17, 15) is 0 Å². The van der Waals surface area contributed by atoms with Crippen molar-refractivity contribution in [3.63, 3.8) is 0 Å². The number of fused-ring (bicyclic) bond motifs is 1. The Morgan fingerprint density at radius 3 is 2.64 bits per heavy atom. The minimum absolute atomic E-state index is 0.545. The predicted molar refractivity (Wildman–Crippen MR) is 103 cm³/mol. The number of hydrogen-bond acceptors (Lipinski definition) is 3. The lowest BCUT2D eigenvalue weighted by Crippen LogP contribution is -2.13. The Kier molecular flexibility index (Phi) is 5.98. The van der Waals surface area contributed by atoms with Crippen molar-refractivity contribution in [2.24, 2.45) is 0 Å². The average molecular weight is 339 g/mol. The molecule has 3 nitrogen and oxygen atoms in total. The molecule has 3 rings (SSSR count). The minimum Gasteiger partial charge on any atom is -0.496 e. The van der Waals surface area contributed by atoms with E-state index in [0.717, 1.165) is 36.4 Å². The van der Waals surface area contributed by atoms with Crippen molar-refractivity contribution in [3.8, 4) is 11.5 Å². The van der Waals surface area contributed by atoms with Crippen molar-refractivity contribution >= 4 is 0 Å². The Bertz CT molecular complexity index is 709. The van der Waals surface area contributed by atoms with E-state index in [1.807, 2.05) is 0 Å². The van der Waals surface area contributed by atoms with Crippen LogP contribution in [0.3, 0.4) is 0 Å². The van der Waals surface area contributed by atoms with Crippen LogP contribution in [0.4, 0.5) is 0 Å². The van der Waals surface area contributed by atoms with E-state index in [0.29, 0.717) is 6.61 Å². The predicted octanol–water partition coefficient (Wildman–Crippen LogP) is 4.26. The molecule has 0 heterocycles. The van der Waals surface area contributed by atoms with Crippen LogP contribution >= 0.6 is 0 Å². The zero-order valence-electron chi connectivity index (χ0n) is 15.7. The van der Waals surface area contributed by atoms with Gasteiger partial charge in [0.1, 0.15) is 18.1 Å². The van der Waals surface area contributed by atoms with Gasteiger partial charge in [-0.15, -0.1) is 0 Å². The number of benzene rings is 2. The Morgan fingerprint density at radius 1 is 1.00 bits per heavy atom. The summed E-state index contributed by atoms with van der Waals surface area (Å²) in [6.07, 6.45) is 5.88. The van der Waals surface area contributed by atoms with E-state index < -0.39 is 0 Å². The lowest BCUT2D eigenvalue weighted by Gasteiger charge is -2.14. The second kappa shape index (κ2) is 8.39. The Hall–Kier alpha value is -2.00. The third-order valence-corrected chi connectivity index (χ3v) is 4.88. The van der Waals surface area contributed by atoms with Crippen molar-refractivity contribution in [2.45, 2.75) is 38.7 Å². The number of rotatable bonds is 8. The Morgan fingerprint density at radius 2 is 1.84 bits per heavy atom. The van der Waals surface area contributed by atoms with E-state index in [-0.39, 0.29) is 0 Å². The molecule has 0 aliphatic heterocycles. The molecular formula is C22H29NO2. The normalized spacial score (nSPS) is 13.1. The second-order valence-electron chi connectivity index (χ2n) is 7.13. The minimum atomic E-state index is 0.545. The summed E-state index contributed by atoms with van der Waals surface area (Å²) in [4.78, 5) is 2.22. The molecular weight excluding hydrogens is 310 g/mol. The molecule has 1 aliphatic carbocycles. The molecule has 0 N–H and O–H groups in total. The number of ether oxygens (including phenoxy) is 2. The smallest absolute Gasteiger partial charge is 0.125 e. The first kappa shape index (κ1) is 17.8. The maximum absolute atomic E-state index is 6.07. The first-order chi connectivity index (χ1) is 12.2. The third-order valence-electron chi connectivity index (χ3n) is 4.88. The zero-order valence-corrected chi connectivity index (χ0v) is 15.7. The molecule has 25 heavy (non-hydrogen) atoms. The van der Waals surface area contributed by atoms with Gasteiger partial charge in [-0.1, -0.05) is 12.1 Å². The van der Waals surface area contributed by atoms with Gasteiger partial charge in [0.05, 0.1) is 7.11 Å². The average Bonchev–Trinajstić information content (AvgIpc) is 3.07. The van der Waals surface area contributed by atoms with Gasteiger partial charge in [-0.05, 0) is 93.7 Å². The summed E-state index contributed by atoms with van der Waals surface area (Å²) < 4.78 is 11.6. The number of methoxy groups -OCH3 is 1. The van der Waals surface area contributed by atoms with Crippen molar-refractivity contribution in [1.82, 2.24) is 4.90 Å². The summed E-state index contributed by atoms with van der Waals surface area (Å²) >= 11 is 0. The van der Waals surface area contributed by atoms with Crippen LogP contribution in [-0.4, -0.2) is 32.6 Å². The van der Waals surface area contributed by atoms with Gasteiger partial charge in [-0.25, -0.2) is 0 Å².